The summed E-state index contributed by atoms with van der Waals surface area (Å²) in [5, 5.41) is 14.3. The first-order chi connectivity index (χ1) is 18.6. The summed E-state index contributed by atoms with van der Waals surface area (Å²) in [6.45, 7) is 6.22. The number of carbonyl (C=O) groups excluding carboxylic acids is 3. The number of aliphatic hydroxyl groups is 1. The average molecular weight is 531 g/mol. The van der Waals surface area contributed by atoms with Gasteiger partial charge in [0.25, 0.3) is 5.91 Å². The Morgan fingerprint density at radius 3 is 2.67 bits per heavy atom. The van der Waals surface area contributed by atoms with E-state index >= 15 is 0 Å². The van der Waals surface area contributed by atoms with Crippen molar-refractivity contribution in [1.82, 2.24) is 30.1 Å². The first-order valence-electron chi connectivity index (χ1n) is 13.1. The number of pyridine rings is 2. The summed E-state index contributed by atoms with van der Waals surface area (Å²) in [4.78, 5) is 54.2. The van der Waals surface area contributed by atoms with Crippen LogP contribution in [0, 0.1) is 5.41 Å². The van der Waals surface area contributed by atoms with Crippen LogP contribution in [0.15, 0.2) is 47.5 Å². The Kier molecular flexibility index (Phi) is 6.07. The second kappa shape index (κ2) is 9.35. The Morgan fingerprint density at radius 1 is 1.13 bits per heavy atom. The highest BCUT2D eigenvalue weighted by Crippen LogP contribution is 2.46. The molecule has 0 radical (unpaired) electrons. The Hall–Kier alpha value is -3.96. The third-order valence-corrected chi connectivity index (χ3v) is 8.25. The Balaban J connectivity index is 1.16. The van der Waals surface area contributed by atoms with Crippen molar-refractivity contribution in [2.75, 3.05) is 13.1 Å². The van der Waals surface area contributed by atoms with Crippen molar-refractivity contribution < 1.29 is 23.9 Å². The van der Waals surface area contributed by atoms with E-state index in [0.29, 0.717) is 55.1 Å². The predicted octanol–water partition coefficient (Wildman–Crippen LogP) is 2.01. The molecule has 6 rings (SSSR count). The van der Waals surface area contributed by atoms with Crippen LogP contribution in [-0.4, -0.2) is 66.7 Å². The molecule has 202 valence electrons. The molecule has 2 atom stereocenters. The number of rotatable bonds is 5. The van der Waals surface area contributed by atoms with Crippen molar-refractivity contribution in [1.29, 1.82) is 0 Å². The smallest absolute Gasteiger partial charge is 0.256 e. The summed E-state index contributed by atoms with van der Waals surface area (Å²) in [6.07, 6.45) is 5.74. The molecule has 11 nitrogen and oxygen atoms in total. The van der Waals surface area contributed by atoms with E-state index in [1.165, 1.54) is 11.3 Å². The van der Waals surface area contributed by atoms with E-state index in [9.17, 15) is 19.5 Å². The predicted molar refractivity (Wildman–Crippen MR) is 138 cm³/mol. The van der Waals surface area contributed by atoms with Crippen molar-refractivity contribution in [3.05, 3.63) is 65.6 Å². The molecule has 3 aliphatic rings. The van der Waals surface area contributed by atoms with Gasteiger partial charge in [0, 0.05) is 37.7 Å². The van der Waals surface area contributed by atoms with Gasteiger partial charge in [-0.2, -0.15) is 0 Å². The van der Waals surface area contributed by atoms with Gasteiger partial charge in [-0.1, -0.05) is 19.9 Å². The normalized spacial score (nSPS) is 25.1. The third-order valence-electron chi connectivity index (χ3n) is 8.25. The molecule has 0 aliphatic carbocycles. The van der Waals surface area contributed by atoms with E-state index in [1.54, 1.807) is 18.4 Å². The molecule has 3 aliphatic heterocycles. The summed E-state index contributed by atoms with van der Waals surface area (Å²) in [7, 11) is 0. The first kappa shape index (κ1) is 25.3. The molecule has 2 N–H and O–H groups in total. The Labute approximate surface area is 225 Å². The zero-order valence-electron chi connectivity index (χ0n) is 21.9. The second-order valence-electron chi connectivity index (χ2n) is 11.2. The van der Waals surface area contributed by atoms with Crippen LogP contribution in [0.4, 0.5) is 0 Å². The van der Waals surface area contributed by atoms with Gasteiger partial charge >= 0.3 is 0 Å². The van der Waals surface area contributed by atoms with Gasteiger partial charge in [-0.15, -0.1) is 0 Å². The lowest BCUT2D eigenvalue weighted by molar-refractivity contribution is -0.137. The van der Waals surface area contributed by atoms with Gasteiger partial charge in [0.15, 0.2) is 6.39 Å². The summed E-state index contributed by atoms with van der Waals surface area (Å²) in [5.74, 6) is -1.05. The molecule has 39 heavy (non-hydrogen) atoms. The number of nitrogens with zero attached hydrogens (tertiary/aromatic N) is 5. The molecule has 1 unspecified atom stereocenters. The van der Waals surface area contributed by atoms with Crippen LogP contribution >= 0.6 is 0 Å². The Morgan fingerprint density at radius 2 is 1.97 bits per heavy atom. The van der Waals surface area contributed by atoms with Gasteiger partial charge in [-0.05, 0) is 36.6 Å². The molecular formula is C28H30N6O5. The fourth-order valence-corrected chi connectivity index (χ4v) is 5.97. The van der Waals surface area contributed by atoms with Gasteiger partial charge in [0.05, 0.1) is 29.2 Å². The second-order valence-corrected chi connectivity index (χ2v) is 11.2. The van der Waals surface area contributed by atoms with Crippen LogP contribution < -0.4 is 5.32 Å². The number of aromatic nitrogens is 3. The molecule has 3 amide bonds. The zero-order chi connectivity index (χ0) is 27.4. The minimum Gasteiger partial charge on any atom is -0.451 e. The van der Waals surface area contributed by atoms with Crippen LogP contribution in [0.2, 0.25) is 0 Å². The quantitative estimate of drug-likeness (QED) is 0.474. The monoisotopic (exact) mass is 530 g/mol. The van der Waals surface area contributed by atoms with E-state index in [1.807, 2.05) is 32.2 Å². The molecule has 2 saturated heterocycles. The van der Waals surface area contributed by atoms with E-state index in [2.05, 4.69) is 20.2 Å². The summed E-state index contributed by atoms with van der Waals surface area (Å²) >= 11 is 0. The number of likely N-dealkylation sites (tertiary alicyclic amines) is 1. The average Bonchev–Trinajstić information content (AvgIpc) is 3.55. The maximum Gasteiger partial charge on any atom is 0.256 e. The number of nitrogens with one attached hydrogen (secondary N) is 1. The maximum atomic E-state index is 13.1. The lowest BCUT2D eigenvalue weighted by Gasteiger charge is -2.50. The highest BCUT2D eigenvalue weighted by atomic mass is 16.3. The number of oxazole rings is 1. The van der Waals surface area contributed by atoms with Crippen molar-refractivity contribution in [2.45, 2.75) is 57.8 Å². The number of fused-ring (bicyclic) bond motifs is 1. The van der Waals surface area contributed by atoms with Crippen LogP contribution in [-0.2, 0) is 28.3 Å². The highest BCUT2D eigenvalue weighted by molar-refractivity contribution is 6.05. The number of hydrogen-bond acceptors (Lipinski definition) is 9. The van der Waals surface area contributed by atoms with E-state index < -0.39 is 23.0 Å². The van der Waals surface area contributed by atoms with Crippen LogP contribution in [0.5, 0.6) is 0 Å². The maximum absolute atomic E-state index is 13.1. The number of hydrogen-bond donors (Lipinski definition) is 2. The van der Waals surface area contributed by atoms with Gasteiger partial charge in [-0.3, -0.25) is 34.6 Å². The zero-order valence-corrected chi connectivity index (χ0v) is 21.9. The minimum atomic E-state index is -1.20. The summed E-state index contributed by atoms with van der Waals surface area (Å²) < 4.78 is 5.04. The molecular weight excluding hydrogens is 500 g/mol. The minimum absolute atomic E-state index is 0.175. The van der Waals surface area contributed by atoms with Crippen LogP contribution in [0.25, 0.3) is 11.4 Å². The van der Waals surface area contributed by atoms with E-state index in [4.69, 9.17) is 9.40 Å². The summed E-state index contributed by atoms with van der Waals surface area (Å²) in [6, 6.07) is 6.68. The molecule has 3 aromatic heterocycles. The molecule has 11 heteroatoms. The van der Waals surface area contributed by atoms with E-state index in [-0.39, 0.29) is 24.8 Å². The lowest BCUT2D eigenvalue weighted by atomic mass is 9.68. The third kappa shape index (κ3) is 4.41. The van der Waals surface area contributed by atoms with Crippen LogP contribution in [0.1, 0.15) is 60.4 Å². The SMILES string of the molecule is CC1(C)CN(Cc2ccc(-c3cocn3)nc2)CC[C@]1(O)c1ccc2c(n1)CN(C1CCC(=O)NC1=O)C2=O. The standard InChI is InChI=1S/C28H30N6O5/c1-27(2)15-33(12-17-3-5-19(29-11-17)21-14-39-16-30-21)10-9-28(27,38)23-7-4-18-20(31-23)13-34(26(18)37)22-6-8-24(35)32-25(22)36/h3-5,7,11,14,16,22,38H,6,8-10,12-13,15H2,1-2H3,(H,32,35,36)/t22?,28-/m0/s1. The summed E-state index contributed by atoms with van der Waals surface area (Å²) in [5.41, 5.74) is 2.28. The molecule has 3 aromatic rings. The van der Waals surface area contributed by atoms with Gasteiger partial charge < -0.3 is 14.4 Å². The molecule has 0 saturated carbocycles. The van der Waals surface area contributed by atoms with Crippen molar-refractivity contribution >= 4 is 17.7 Å². The van der Waals surface area contributed by atoms with Crippen LogP contribution in [0.3, 0.4) is 0 Å². The number of piperidine rings is 2. The van der Waals surface area contributed by atoms with Gasteiger partial charge in [0.1, 0.15) is 23.6 Å². The fourth-order valence-electron chi connectivity index (χ4n) is 5.97. The van der Waals surface area contributed by atoms with Crippen molar-refractivity contribution in [3.63, 3.8) is 0 Å². The molecule has 2 fully saturated rings. The van der Waals surface area contributed by atoms with Crippen molar-refractivity contribution in [3.8, 4) is 11.4 Å². The number of imide groups is 1. The number of amides is 3. The topological polar surface area (TPSA) is 142 Å². The van der Waals surface area contributed by atoms with Crippen molar-refractivity contribution in [2.24, 2.45) is 5.41 Å². The van der Waals surface area contributed by atoms with Gasteiger partial charge in [-0.25, -0.2) is 4.98 Å². The fraction of sp³-hybridized carbons (Fsp3) is 0.429. The number of carbonyl (C=O) groups is 3. The molecule has 6 heterocycles. The van der Waals surface area contributed by atoms with E-state index in [0.717, 1.165) is 11.3 Å². The largest absolute Gasteiger partial charge is 0.451 e. The molecule has 0 bridgehead atoms. The van der Waals surface area contributed by atoms with Gasteiger partial charge in [0.2, 0.25) is 11.8 Å². The Bertz CT molecular complexity index is 1440. The molecule has 0 aromatic carbocycles. The first-order valence-corrected chi connectivity index (χ1v) is 13.1. The molecule has 0 spiro atoms. The lowest BCUT2D eigenvalue weighted by Crippen LogP contribution is -2.55. The highest BCUT2D eigenvalue weighted by Gasteiger charge is 2.50.